The van der Waals surface area contributed by atoms with Gasteiger partial charge in [-0.3, -0.25) is 15.0 Å². The second kappa shape index (κ2) is 7.82. The summed E-state index contributed by atoms with van der Waals surface area (Å²) in [6, 6.07) is 3.93. The Morgan fingerprint density at radius 1 is 1.32 bits per heavy atom. The fourth-order valence-electron chi connectivity index (χ4n) is 2.90. The van der Waals surface area contributed by atoms with Crippen LogP contribution >= 0.6 is 0 Å². The molecule has 7 nitrogen and oxygen atoms in total. The van der Waals surface area contributed by atoms with Crippen molar-refractivity contribution in [1.82, 2.24) is 14.8 Å². The molecule has 1 fully saturated rings. The van der Waals surface area contributed by atoms with Crippen LogP contribution in [0.1, 0.15) is 40.2 Å². The van der Waals surface area contributed by atoms with Gasteiger partial charge in [0.05, 0.1) is 0 Å². The number of anilines is 1. The SMILES string of the molecule is CC(=O)N1CCN(Cc2ccc(NC(=O)OC(C)(C)C)nc2)C[C@@H]1C. The van der Waals surface area contributed by atoms with Crippen molar-refractivity contribution >= 4 is 17.8 Å². The number of hydrogen-bond acceptors (Lipinski definition) is 5. The average Bonchev–Trinajstić information content (AvgIpc) is 2.47. The van der Waals surface area contributed by atoms with Crippen molar-refractivity contribution in [2.75, 3.05) is 25.0 Å². The molecular formula is C18H28N4O3. The zero-order valence-corrected chi connectivity index (χ0v) is 15.7. The van der Waals surface area contributed by atoms with Crippen LogP contribution in [-0.2, 0) is 16.1 Å². The Labute approximate surface area is 149 Å². The Kier molecular flexibility index (Phi) is 6.00. The predicted molar refractivity (Wildman–Crippen MR) is 96.2 cm³/mol. The minimum atomic E-state index is -0.539. The molecule has 0 unspecified atom stereocenters. The van der Waals surface area contributed by atoms with Gasteiger partial charge in [0.25, 0.3) is 0 Å². The number of carbonyl (C=O) groups excluding carboxylic acids is 2. The molecule has 1 aromatic heterocycles. The second-order valence-corrected chi connectivity index (χ2v) is 7.48. The lowest BCUT2D eigenvalue weighted by atomic mass is 10.1. The van der Waals surface area contributed by atoms with Crippen molar-refractivity contribution in [1.29, 1.82) is 0 Å². The van der Waals surface area contributed by atoms with Gasteiger partial charge in [0.1, 0.15) is 11.4 Å². The van der Waals surface area contributed by atoms with Crippen LogP contribution < -0.4 is 5.32 Å². The molecular weight excluding hydrogens is 320 g/mol. The van der Waals surface area contributed by atoms with E-state index in [1.165, 1.54) is 0 Å². The molecule has 0 radical (unpaired) electrons. The summed E-state index contributed by atoms with van der Waals surface area (Å²) in [5, 5.41) is 2.62. The topological polar surface area (TPSA) is 74.8 Å². The smallest absolute Gasteiger partial charge is 0.413 e. The molecule has 1 aliphatic heterocycles. The van der Waals surface area contributed by atoms with Gasteiger partial charge >= 0.3 is 6.09 Å². The molecule has 0 spiro atoms. The van der Waals surface area contributed by atoms with E-state index in [2.05, 4.69) is 22.1 Å². The number of piperazine rings is 1. The van der Waals surface area contributed by atoms with E-state index in [4.69, 9.17) is 4.74 Å². The van der Waals surface area contributed by atoms with E-state index in [9.17, 15) is 9.59 Å². The number of nitrogens with one attached hydrogen (secondary N) is 1. The largest absolute Gasteiger partial charge is 0.444 e. The molecule has 1 N–H and O–H groups in total. The van der Waals surface area contributed by atoms with Crippen LogP contribution in [0.2, 0.25) is 0 Å². The molecule has 138 valence electrons. The molecule has 2 rings (SSSR count). The summed E-state index contributed by atoms with van der Waals surface area (Å²) in [7, 11) is 0. The zero-order chi connectivity index (χ0) is 18.6. The Morgan fingerprint density at radius 2 is 2.04 bits per heavy atom. The van der Waals surface area contributed by atoms with Gasteiger partial charge in [-0.2, -0.15) is 0 Å². The molecule has 0 saturated carbocycles. The van der Waals surface area contributed by atoms with Crippen LogP contribution in [0.15, 0.2) is 18.3 Å². The Morgan fingerprint density at radius 3 is 2.56 bits per heavy atom. The van der Waals surface area contributed by atoms with Gasteiger partial charge in [0.2, 0.25) is 5.91 Å². The van der Waals surface area contributed by atoms with Crippen LogP contribution in [0, 0.1) is 0 Å². The molecule has 0 bridgehead atoms. The number of amides is 2. The molecule has 25 heavy (non-hydrogen) atoms. The van der Waals surface area contributed by atoms with Crippen LogP contribution in [0.3, 0.4) is 0 Å². The minimum Gasteiger partial charge on any atom is -0.444 e. The second-order valence-electron chi connectivity index (χ2n) is 7.48. The maximum atomic E-state index is 11.7. The predicted octanol–water partition coefficient (Wildman–Crippen LogP) is 2.48. The monoisotopic (exact) mass is 348 g/mol. The normalized spacial score (nSPS) is 18.8. The fraction of sp³-hybridized carbons (Fsp3) is 0.611. The van der Waals surface area contributed by atoms with Crippen LogP contribution in [0.25, 0.3) is 0 Å². The van der Waals surface area contributed by atoms with E-state index in [1.807, 2.05) is 31.7 Å². The summed E-state index contributed by atoms with van der Waals surface area (Å²) < 4.78 is 5.20. The van der Waals surface area contributed by atoms with Crippen molar-refractivity contribution in [2.24, 2.45) is 0 Å². The Bertz CT molecular complexity index is 610. The number of pyridine rings is 1. The summed E-state index contributed by atoms with van der Waals surface area (Å²) in [4.78, 5) is 31.8. The van der Waals surface area contributed by atoms with Gasteiger partial charge in [-0.05, 0) is 39.3 Å². The molecule has 1 aliphatic rings. The third kappa shape index (κ3) is 6.01. The maximum absolute atomic E-state index is 11.7. The van der Waals surface area contributed by atoms with E-state index in [-0.39, 0.29) is 11.9 Å². The summed E-state index contributed by atoms with van der Waals surface area (Å²) in [6.07, 6.45) is 1.25. The highest BCUT2D eigenvalue weighted by Gasteiger charge is 2.25. The summed E-state index contributed by atoms with van der Waals surface area (Å²) in [5.41, 5.74) is 0.529. The molecule has 0 aliphatic carbocycles. The van der Waals surface area contributed by atoms with Gasteiger partial charge in [-0.25, -0.2) is 9.78 Å². The van der Waals surface area contributed by atoms with Crippen molar-refractivity contribution < 1.29 is 14.3 Å². The van der Waals surface area contributed by atoms with Crippen molar-refractivity contribution in [3.8, 4) is 0 Å². The van der Waals surface area contributed by atoms with Gasteiger partial charge in [0, 0.05) is 45.3 Å². The molecule has 7 heteroatoms. The highest BCUT2D eigenvalue weighted by Crippen LogP contribution is 2.15. The lowest BCUT2D eigenvalue weighted by Crippen LogP contribution is -2.52. The van der Waals surface area contributed by atoms with Crippen molar-refractivity contribution in [3.05, 3.63) is 23.9 Å². The molecule has 1 aromatic rings. The standard InChI is InChI=1S/C18H28N4O3/c1-13-11-21(8-9-22(13)14(2)23)12-15-6-7-16(19-10-15)20-17(24)25-18(3,4)5/h6-7,10,13H,8-9,11-12H2,1-5H3,(H,19,20,24)/t13-/m0/s1. The van der Waals surface area contributed by atoms with Gasteiger partial charge < -0.3 is 9.64 Å². The third-order valence-corrected chi connectivity index (χ3v) is 3.98. The maximum Gasteiger partial charge on any atom is 0.413 e. The molecule has 2 heterocycles. The first-order chi connectivity index (χ1) is 11.6. The van der Waals surface area contributed by atoms with E-state index in [1.54, 1.807) is 19.2 Å². The quantitative estimate of drug-likeness (QED) is 0.908. The lowest BCUT2D eigenvalue weighted by molar-refractivity contribution is -0.133. The molecule has 0 aromatic carbocycles. The molecule has 2 amide bonds. The van der Waals surface area contributed by atoms with E-state index in [0.29, 0.717) is 5.82 Å². The first-order valence-corrected chi connectivity index (χ1v) is 8.58. The fourth-order valence-corrected chi connectivity index (χ4v) is 2.90. The van der Waals surface area contributed by atoms with Gasteiger partial charge in [0.15, 0.2) is 0 Å². The van der Waals surface area contributed by atoms with E-state index >= 15 is 0 Å². The highest BCUT2D eigenvalue weighted by atomic mass is 16.6. The van der Waals surface area contributed by atoms with Crippen LogP contribution in [0.5, 0.6) is 0 Å². The van der Waals surface area contributed by atoms with Crippen LogP contribution in [-0.4, -0.2) is 58.1 Å². The summed E-state index contributed by atoms with van der Waals surface area (Å²) in [6.45, 7) is 12.4. The highest BCUT2D eigenvalue weighted by molar-refractivity contribution is 5.83. The van der Waals surface area contributed by atoms with Crippen molar-refractivity contribution in [2.45, 2.75) is 52.8 Å². The number of aromatic nitrogens is 1. The number of carbonyl (C=O) groups is 2. The number of rotatable bonds is 3. The third-order valence-electron chi connectivity index (χ3n) is 3.98. The first kappa shape index (κ1) is 19.2. The lowest BCUT2D eigenvalue weighted by Gasteiger charge is -2.39. The zero-order valence-electron chi connectivity index (χ0n) is 15.7. The summed E-state index contributed by atoms with van der Waals surface area (Å²) in [5.74, 6) is 0.596. The number of hydrogen-bond donors (Lipinski definition) is 1. The van der Waals surface area contributed by atoms with Gasteiger partial charge in [-0.1, -0.05) is 6.07 Å². The molecule has 1 saturated heterocycles. The number of ether oxygens (including phenoxy) is 1. The van der Waals surface area contributed by atoms with Crippen molar-refractivity contribution in [3.63, 3.8) is 0 Å². The average molecular weight is 348 g/mol. The first-order valence-electron chi connectivity index (χ1n) is 8.58. The van der Waals surface area contributed by atoms with E-state index in [0.717, 1.165) is 31.7 Å². The minimum absolute atomic E-state index is 0.131. The van der Waals surface area contributed by atoms with E-state index < -0.39 is 11.7 Å². The van der Waals surface area contributed by atoms with Gasteiger partial charge in [-0.15, -0.1) is 0 Å². The molecule has 1 atom stereocenters. The number of nitrogens with zero attached hydrogens (tertiary/aromatic N) is 3. The Balaban J connectivity index is 1.86. The Hall–Kier alpha value is -2.15. The summed E-state index contributed by atoms with van der Waals surface area (Å²) >= 11 is 0. The van der Waals surface area contributed by atoms with Crippen LogP contribution in [0.4, 0.5) is 10.6 Å².